The highest BCUT2D eigenvalue weighted by molar-refractivity contribution is 7.85. The fraction of sp³-hybridized carbons (Fsp3) is 0.318. The van der Waals surface area contributed by atoms with E-state index in [1.165, 1.54) is 12.0 Å². The van der Waals surface area contributed by atoms with Crippen LogP contribution in [0.2, 0.25) is 0 Å². The second kappa shape index (κ2) is 11.3. The van der Waals surface area contributed by atoms with Crippen LogP contribution in [0.4, 0.5) is 16.2 Å². The van der Waals surface area contributed by atoms with Crippen LogP contribution in [0.5, 0.6) is 0 Å². The molecule has 2 aromatic rings. The molecule has 170 valence electrons. The number of benzene rings is 2. The highest BCUT2D eigenvalue weighted by Gasteiger charge is 2.19. The summed E-state index contributed by atoms with van der Waals surface area (Å²) < 4.78 is 32.1. The average Bonchev–Trinajstić information content (AvgIpc) is 2.75. The van der Waals surface area contributed by atoms with Crippen LogP contribution in [0, 0.1) is 18.3 Å². The third-order valence-electron chi connectivity index (χ3n) is 4.52. The molecule has 0 atom stereocenters. The van der Waals surface area contributed by atoms with Gasteiger partial charge in [-0.25, -0.2) is 4.79 Å². The van der Waals surface area contributed by atoms with Crippen LogP contribution >= 0.6 is 0 Å². The number of anilines is 2. The number of hydrogen-bond donors (Lipinski definition) is 1. The number of rotatable bonds is 9. The molecule has 0 saturated carbocycles. The van der Waals surface area contributed by atoms with Crippen molar-refractivity contribution in [3.63, 3.8) is 0 Å². The van der Waals surface area contributed by atoms with E-state index < -0.39 is 16.1 Å². The summed E-state index contributed by atoms with van der Waals surface area (Å²) in [6.45, 7) is 1.58. The summed E-state index contributed by atoms with van der Waals surface area (Å²) in [5.41, 5.74) is 3.17. The van der Waals surface area contributed by atoms with E-state index in [0.717, 1.165) is 17.4 Å². The Bertz CT molecular complexity index is 1110. The summed E-state index contributed by atoms with van der Waals surface area (Å²) >= 11 is 0. The molecule has 0 bridgehead atoms. The number of ether oxygens (including phenoxy) is 1. The largest absolute Gasteiger partial charge is 0.469 e. The molecular formula is C22H25N3O6S. The molecule has 0 fully saturated rings. The normalized spacial score (nSPS) is 10.8. The van der Waals surface area contributed by atoms with Crippen molar-refractivity contribution in [2.24, 2.45) is 0 Å². The lowest BCUT2D eigenvalue weighted by Gasteiger charge is -2.25. The zero-order valence-electron chi connectivity index (χ0n) is 18.1. The van der Waals surface area contributed by atoms with Gasteiger partial charge in [0.05, 0.1) is 38.1 Å². The minimum Gasteiger partial charge on any atom is -0.469 e. The van der Waals surface area contributed by atoms with Gasteiger partial charge in [0.1, 0.15) is 0 Å². The van der Waals surface area contributed by atoms with Gasteiger partial charge in [-0.05, 0) is 54.8 Å². The van der Waals surface area contributed by atoms with Gasteiger partial charge in [0.15, 0.2) is 0 Å². The van der Waals surface area contributed by atoms with Gasteiger partial charge in [0, 0.05) is 17.8 Å². The van der Waals surface area contributed by atoms with Crippen LogP contribution in [0.3, 0.4) is 0 Å². The SMILES string of the molecule is COC(=O)CCc1ccc(N(CCOS(C)(=O)=O)C(=O)Nc2ccc(C#N)cc2)c(C)c1. The number of carbonyl (C=O) groups is 2. The molecule has 0 spiro atoms. The smallest absolute Gasteiger partial charge is 0.326 e. The molecule has 32 heavy (non-hydrogen) atoms. The highest BCUT2D eigenvalue weighted by atomic mass is 32.2. The Morgan fingerprint density at radius 2 is 1.84 bits per heavy atom. The minimum atomic E-state index is -3.66. The third-order valence-corrected chi connectivity index (χ3v) is 5.12. The zero-order chi connectivity index (χ0) is 23.7. The van der Waals surface area contributed by atoms with Crippen molar-refractivity contribution in [1.29, 1.82) is 5.26 Å². The quantitative estimate of drug-likeness (QED) is 0.451. The maximum atomic E-state index is 13.0. The zero-order valence-corrected chi connectivity index (χ0v) is 18.9. The number of methoxy groups -OCH3 is 1. The van der Waals surface area contributed by atoms with Gasteiger partial charge in [-0.15, -0.1) is 0 Å². The first kappa shape index (κ1) is 24.8. The maximum Gasteiger partial charge on any atom is 0.326 e. The van der Waals surface area contributed by atoms with Crippen LogP contribution < -0.4 is 10.2 Å². The number of hydrogen-bond acceptors (Lipinski definition) is 7. The summed E-state index contributed by atoms with van der Waals surface area (Å²) in [6, 6.07) is 13.3. The number of nitriles is 1. The predicted molar refractivity (Wildman–Crippen MR) is 120 cm³/mol. The average molecular weight is 460 g/mol. The Morgan fingerprint density at radius 3 is 2.41 bits per heavy atom. The number of carbonyl (C=O) groups excluding carboxylic acids is 2. The molecule has 2 rings (SSSR count). The van der Waals surface area contributed by atoms with Crippen LogP contribution in [0.15, 0.2) is 42.5 Å². The van der Waals surface area contributed by atoms with Crippen LogP contribution in [-0.4, -0.2) is 46.9 Å². The summed E-state index contributed by atoms with van der Waals surface area (Å²) in [4.78, 5) is 25.8. The molecule has 0 saturated heterocycles. The Hall–Kier alpha value is -3.42. The van der Waals surface area contributed by atoms with Crippen LogP contribution in [0.1, 0.15) is 23.1 Å². The molecule has 2 amide bonds. The minimum absolute atomic E-state index is 0.0163. The molecule has 0 heterocycles. The lowest BCUT2D eigenvalue weighted by Crippen LogP contribution is -2.38. The van der Waals surface area contributed by atoms with Gasteiger partial charge in [-0.1, -0.05) is 12.1 Å². The summed E-state index contributed by atoms with van der Waals surface area (Å²) in [5.74, 6) is -0.312. The molecule has 0 aliphatic rings. The van der Waals surface area contributed by atoms with Gasteiger partial charge in [-0.3, -0.25) is 13.9 Å². The maximum absolute atomic E-state index is 13.0. The molecule has 9 nitrogen and oxygen atoms in total. The Kier molecular flexibility index (Phi) is 8.75. The monoisotopic (exact) mass is 459 g/mol. The fourth-order valence-electron chi connectivity index (χ4n) is 2.95. The van der Waals surface area contributed by atoms with E-state index in [9.17, 15) is 18.0 Å². The molecule has 0 unspecified atom stereocenters. The highest BCUT2D eigenvalue weighted by Crippen LogP contribution is 2.23. The van der Waals surface area contributed by atoms with Gasteiger partial charge >= 0.3 is 12.0 Å². The van der Waals surface area contributed by atoms with Gasteiger partial charge in [-0.2, -0.15) is 13.7 Å². The summed E-state index contributed by atoms with van der Waals surface area (Å²) in [7, 11) is -2.33. The molecule has 0 aliphatic heterocycles. The first-order chi connectivity index (χ1) is 15.1. The lowest BCUT2D eigenvalue weighted by molar-refractivity contribution is -0.140. The third kappa shape index (κ3) is 7.68. The molecule has 2 aromatic carbocycles. The van der Waals surface area contributed by atoms with E-state index in [1.807, 2.05) is 19.1 Å². The number of aryl methyl sites for hydroxylation is 2. The van der Waals surface area contributed by atoms with Gasteiger partial charge in [0.2, 0.25) is 0 Å². The molecule has 0 aromatic heterocycles. The molecule has 0 aliphatic carbocycles. The predicted octanol–water partition coefficient (Wildman–Crippen LogP) is 2.99. The standard InChI is InChI=1S/C22H25N3O6S/c1-16-14-17(7-11-21(26)30-2)6-10-20(16)25(12-13-31-32(3,28)29)22(27)24-19-8-4-18(15-23)5-9-19/h4-6,8-10,14H,7,11-13H2,1-3H3,(H,24,27). The Labute approximate surface area is 187 Å². The number of nitrogens with zero attached hydrogens (tertiary/aromatic N) is 2. The number of esters is 1. The van der Waals surface area contributed by atoms with Crippen molar-refractivity contribution in [2.75, 3.05) is 36.7 Å². The van der Waals surface area contributed by atoms with E-state index in [4.69, 9.17) is 9.44 Å². The van der Waals surface area contributed by atoms with Gasteiger partial charge in [0.25, 0.3) is 10.1 Å². The van der Waals surface area contributed by atoms with Crippen molar-refractivity contribution >= 4 is 33.5 Å². The lowest BCUT2D eigenvalue weighted by atomic mass is 10.0. The second-order valence-corrected chi connectivity index (χ2v) is 8.64. The van der Waals surface area contributed by atoms with E-state index >= 15 is 0 Å². The van der Waals surface area contributed by atoms with Crippen molar-refractivity contribution in [3.05, 3.63) is 59.2 Å². The Balaban J connectivity index is 2.23. The Morgan fingerprint density at radius 1 is 1.16 bits per heavy atom. The summed E-state index contributed by atoms with van der Waals surface area (Å²) in [6.07, 6.45) is 1.66. The number of amides is 2. The fourth-order valence-corrected chi connectivity index (χ4v) is 3.33. The topological polar surface area (TPSA) is 126 Å². The van der Waals surface area contributed by atoms with E-state index in [2.05, 4.69) is 10.1 Å². The first-order valence-electron chi connectivity index (χ1n) is 9.72. The molecular weight excluding hydrogens is 434 g/mol. The van der Waals surface area contributed by atoms with Crippen LogP contribution in [0.25, 0.3) is 0 Å². The summed E-state index contributed by atoms with van der Waals surface area (Å²) in [5, 5.41) is 11.7. The molecule has 0 radical (unpaired) electrons. The second-order valence-electron chi connectivity index (χ2n) is 6.99. The van der Waals surface area contributed by atoms with E-state index in [-0.39, 0.29) is 25.5 Å². The number of urea groups is 1. The van der Waals surface area contributed by atoms with Crippen LogP contribution in [-0.2, 0) is 30.3 Å². The molecule has 10 heteroatoms. The van der Waals surface area contributed by atoms with Crippen molar-refractivity contribution in [2.45, 2.75) is 19.8 Å². The van der Waals surface area contributed by atoms with E-state index in [0.29, 0.717) is 23.4 Å². The molecule has 1 N–H and O–H groups in total. The van der Waals surface area contributed by atoms with Crippen molar-refractivity contribution in [3.8, 4) is 6.07 Å². The van der Waals surface area contributed by atoms with Gasteiger partial charge < -0.3 is 10.1 Å². The van der Waals surface area contributed by atoms with E-state index in [1.54, 1.807) is 36.4 Å². The van der Waals surface area contributed by atoms with Crippen molar-refractivity contribution < 1.29 is 26.9 Å². The number of nitrogens with one attached hydrogen (secondary N) is 1. The van der Waals surface area contributed by atoms with Crippen molar-refractivity contribution in [1.82, 2.24) is 0 Å². The first-order valence-corrected chi connectivity index (χ1v) is 11.5.